The third-order valence-electron chi connectivity index (χ3n) is 12.4. The Morgan fingerprint density at radius 3 is 2.73 bits per heavy atom. The summed E-state index contributed by atoms with van der Waals surface area (Å²) >= 11 is 6.50. The number of carbonyl (C=O) groups is 2. The van der Waals surface area contributed by atoms with E-state index in [2.05, 4.69) is 48.3 Å². The molecule has 1 saturated heterocycles. The molecule has 2 aromatic carbocycles. The monoisotopic (exact) mass is 790 g/mol. The number of hydrogen-bond donors (Lipinski definition) is 1. The van der Waals surface area contributed by atoms with Crippen LogP contribution in [-0.4, -0.2) is 95.6 Å². The molecule has 2 unspecified atom stereocenters. The molecule has 1 N–H and O–H groups in total. The molecule has 14 heteroatoms. The largest absolute Gasteiger partial charge is 0.490 e. The molecule has 294 valence electrons. The minimum absolute atomic E-state index is 0.0182. The fourth-order valence-electron chi connectivity index (χ4n) is 9.37. The fraction of sp³-hybridized carbons (Fsp3) is 0.537. The van der Waals surface area contributed by atoms with Crippen LogP contribution in [0.25, 0.3) is 0 Å². The number of anilines is 1. The predicted molar refractivity (Wildman–Crippen MR) is 213 cm³/mol. The van der Waals surface area contributed by atoms with Crippen LogP contribution in [0, 0.1) is 17.8 Å². The van der Waals surface area contributed by atoms with Gasteiger partial charge in [-0.25, -0.2) is 4.21 Å². The summed E-state index contributed by atoms with van der Waals surface area (Å²) in [5, 5.41) is 4.92. The molecule has 2 bridgehead atoms. The molecule has 5 aliphatic rings. The molecule has 3 aliphatic heterocycles. The molecule has 1 spiro atoms. The number of amides is 2. The van der Waals surface area contributed by atoms with Gasteiger partial charge in [0.25, 0.3) is 11.8 Å². The topological polar surface area (TPSA) is 128 Å². The van der Waals surface area contributed by atoms with E-state index in [-0.39, 0.29) is 46.2 Å². The van der Waals surface area contributed by atoms with Gasteiger partial charge in [-0.2, -0.15) is 0 Å². The lowest BCUT2D eigenvalue weighted by atomic mass is 9.67. The first-order chi connectivity index (χ1) is 26.5. The van der Waals surface area contributed by atoms with Gasteiger partial charge < -0.3 is 19.1 Å². The van der Waals surface area contributed by atoms with E-state index in [4.69, 9.17) is 25.8 Å². The average Bonchev–Trinajstić information content (AvgIpc) is 3.44. The van der Waals surface area contributed by atoms with Crippen molar-refractivity contribution in [1.82, 2.24) is 19.4 Å². The number of fused-ring (bicyclic) bond motifs is 4. The van der Waals surface area contributed by atoms with Gasteiger partial charge in [-0.3, -0.25) is 23.9 Å². The van der Waals surface area contributed by atoms with Gasteiger partial charge in [-0.05, 0) is 97.7 Å². The molecule has 0 radical (unpaired) electrons. The van der Waals surface area contributed by atoms with Crippen LogP contribution in [0.4, 0.5) is 5.69 Å². The third-order valence-corrected chi connectivity index (χ3v) is 14.6. The van der Waals surface area contributed by atoms with Crippen LogP contribution in [0.2, 0.25) is 5.02 Å². The number of nitrogens with zero attached hydrogens (tertiary/aromatic N) is 5. The SMILES string of the molecule is COc1nn(C)cc1C(=O)NS1(=O)=NC(=O)c2ccc3c(c2)N(C[C@@H]2CC[C@H]2C(N2CC(OC)C2)/C=C/C[C@H](C)C1)C[C@@]1(CCCc2cc(Cl)ccc21)CO3. The molecule has 6 atom stereocenters. The van der Waals surface area contributed by atoms with Crippen molar-refractivity contribution in [2.45, 2.75) is 63.0 Å². The minimum atomic E-state index is -3.60. The van der Waals surface area contributed by atoms with Crippen molar-refractivity contribution in [3.63, 3.8) is 0 Å². The Morgan fingerprint density at radius 1 is 1.13 bits per heavy atom. The van der Waals surface area contributed by atoms with Gasteiger partial charge in [0.1, 0.15) is 21.2 Å². The Morgan fingerprint density at radius 2 is 1.96 bits per heavy atom. The molecule has 2 aliphatic carbocycles. The van der Waals surface area contributed by atoms with Crippen LogP contribution in [-0.2, 0) is 33.5 Å². The second kappa shape index (κ2) is 15.2. The summed E-state index contributed by atoms with van der Waals surface area (Å²) in [4.78, 5) is 32.7. The number of rotatable bonds is 5. The number of aryl methyl sites for hydroxylation is 2. The fourth-order valence-corrected chi connectivity index (χ4v) is 11.4. The minimum Gasteiger partial charge on any atom is -0.490 e. The zero-order chi connectivity index (χ0) is 38.5. The van der Waals surface area contributed by atoms with Crippen molar-refractivity contribution in [2.24, 2.45) is 29.2 Å². The van der Waals surface area contributed by atoms with Crippen molar-refractivity contribution < 1.29 is 28.0 Å². The van der Waals surface area contributed by atoms with Gasteiger partial charge in [0, 0.05) is 68.6 Å². The molecular weight excluding hydrogens is 740 g/mol. The van der Waals surface area contributed by atoms with Crippen molar-refractivity contribution in [3.05, 3.63) is 82.0 Å². The van der Waals surface area contributed by atoms with Crippen LogP contribution in [0.5, 0.6) is 11.6 Å². The zero-order valence-electron chi connectivity index (χ0n) is 32.0. The van der Waals surface area contributed by atoms with E-state index in [1.165, 1.54) is 29.1 Å². The summed E-state index contributed by atoms with van der Waals surface area (Å²) in [6, 6.07) is 11.9. The Kier molecular flexibility index (Phi) is 10.5. The van der Waals surface area contributed by atoms with Crippen LogP contribution in [0.15, 0.2) is 59.1 Å². The molecule has 12 nitrogen and oxygen atoms in total. The summed E-state index contributed by atoms with van der Waals surface area (Å²) < 4.78 is 40.9. The van der Waals surface area contributed by atoms with Crippen molar-refractivity contribution in [3.8, 4) is 11.6 Å². The number of halogens is 1. The van der Waals surface area contributed by atoms with Crippen LogP contribution in [0.3, 0.4) is 0 Å². The molecule has 2 amide bonds. The number of methoxy groups -OCH3 is 2. The Balaban J connectivity index is 1.20. The van der Waals surface area contributed by atoms with E-state index in [1.807, 2.05) is 25.1 Å². The predicted octanol–water partition coefficient (Wildman–Crippen LogP) is 5.83. The molecule has 3 aromatic rings. The second-order valence-electron chi connectivity index (χ2n) is 16.2. The van der Waals surface area contributed by atoms with Crippen LogP contribution < -0.4 is 19.1 Å². The Bertz CT molecular complexity index is 2120. The number of carbonyl (C=O) groups excluding carboxylic acids is 2. The van der Waals surface area contributed by atoms with Crippen molar-refractivity contribution in [1.29, 1.82) is 0 Å². The highest BCUT2D eigenvalue weighted by Crippen LogP contribution is 2.47. The lowest BCUT2D eigenvalue weighted by Gasteiger charge is -2.52. The highest BCUT2D eigenvalue weighted by molar-refractivity contribution is 7.92. The summed E-state index contributed by atoms with van der Waals surface area (Å²) in [6.45, 7) is 5.77. The van der Waals surface area contributed by atoms with Crippen LogP contribution >= 0.6 is 11.6 Å². The van der Waals surface area contributed by atoms with Gasteiger partial charge in [0.15, 0.2) is 0 Å². The molecule has 4 heterocycles. The van der Waals surface area contributed by atoms with Gasteiger partial charge in [-0.1, -0.05) is 36.7 Å². The van der Waals surface area contributed by atoms with E-state index >= 15 is 0 Å². The van der Waals surface area contributed by atoms with Gasteiger partial charge >= 0.3 is 0 Å². The first kappa shape index (κ1) is 38.0. The Labute approximate surface area is 328 Å². The number of likely N-dealkylation sites (tertiary alicyclic amines) is 1. The maximum absolute atomic E-state index is 14.7. The van der Waals surface area contributed by atoms with E-state index in [0.717, 1.165) is 69.0 Å². The first-order valence-corrected chi connectivity index (χ1v) is 21.5. The summed E-state index contributed by atoms with van der Waals surface area (Å²) in [5.41, 5.74) is 3.50. The molecule has 1 aromatic heterocycles. The van der Waals surface area contributed by atoms with Crippen LogP contribution in [0.1, 0.15) is 70.9 Å². The lowest BCUT2D eigenvalue weighted by molar-refractivity contribution is -0.0675. The van der Waals surface area contributed by atoms with E-state index < -0.39 is 21.7 Å². The summed E-state index contributed by atoms with van der Waals surface area (Å²) in [7, 11) is 1.25. The second-order valence-corrected chi connectivity index (χ2v) is 18.7. The number of nitrogens with one attached hydrogen (secondary N) is 1. The quantitative estimate of drug-likeness (QED) is 0.318. The van der Waals surface area contributed by atoms with E-state index in [1.54, 1.807) is 20.2 Å². The lowest BCUT2D eigenvalue weighted by Crippen LogP contribution is -2.60. The highest BCUT2D eigenvalue weighted by Gasteiger charge is 2.46. The maximum atomic E-state index is 14.7. The molecule has 55 heavy (non-hydrogen) atoms. The molecule has 2 fully saturated rings. The molecule has 1 saturated carbocycles. The van der Waals surface area contributed by atoms with E-state index in [0.29, 0.717) is 30.6 Å². The number of ether oxygens (including phenoxy) is 3. The van der Waals surface area contributed by atoms with Gasteiger partial charge in [0.2, 0.25) is 5.88 Å². The maximum Gasteiger partial charge on any atom is 0.286 e. The smallest absolute Gasteiger partial charge is 0.286 e. The molecule has 8 rings (SSSR count). The normalized spacial score (nSPS) is 30.4. The first-order valence-electron chi connectivity index (χ1n) is 19.4. The zero-order valence-corrected chi connectivity index (χ0v) is 33.6. The Hall–Kier alpha value is -3.91. The summed E-state index contributed by atoms with van der Waals surface area (Å²) in [6.07, 6.45) is 12.1. The van der Waals surface area contributed by atoms with Gasteiger partial charge in [0.05, 0.1) is 31.3 Å². The van der Waals surface area contributed by atoms with Crippen molar-refractivity contribution >= 4 is 39.0 Å². The number of aromatic nitrogens is 2. The highest BCUT2D eigenvalue weighted by atomic mass is 35.5. The average molecular weight is 791 g/mol. The standard InChI is InChI=1S/C41H51ClN6O6S/c1-26-7-5-9-35(47-20-31(21-47)52-3)32-13-10-29(32)19-48-24-41(16-6-8-27-17-30(42)12-14-34(27)41)25-54-37-15-11-28(18-36(37)48)38(49)44-55(51,23-26)45-39(50)33-22-46(2)43-40(33)53-4/h5,9,11-12,14-15,17-18,22,26,29,31-32,35H,6-8,10,13,16,19-21,23-25H2,1-4H3,(H,44,45,49,50,51)/b9-5+/t26-,29-,32+,35?,41-,55?/m0/s1. The number of hydrogen-bond acceptors (Lipinski definition) is 9. The number of allylic oxidation sites excluding steroid dienone is 1. The van der Waals surface area contributed by atoms with Crippen molar-refractivity contribution in [2.75, 3.05) is 57.7 Å². The van der Waals surface area contributed by atoms with Gasteiger partial charge in [-0.15, -0.1) is 9.46 Å². The number of benzene rings is 2. The van der Waals surface area contributed by atoms with E-state index in [9.17, 15) is 13.8 Å². The molecular formula is C41H51ClN6O6S. The third kappa shape index (κ3) is 7.52. The summed E-state index contributed by atoms with van der Waals surface area (Å²) in [5.74, 6) is 0.154.